The van der Waals surface area contributed by atoms with Crippen LogP contribution in [0.1, 0.15) is 39.5 Å². The minimum absolute atomic E-state index is 0.00657. The van der Waals surface area contributed by atoms with Crippen molar-refractivity contribution in [3.63, 3.8) is 0 Å². The average molecular weight is 410 g/mol. The van der Waals surface area contributed by atoms with Crippen LogP contribution in [-0.4, -0.2) is 25.0 Å². The lowest BCUT2D eigenvalue weighted by atomic mass is 10.2. The number of benzene rings is 2. The Hall–Kier alpha value is -3.28. The first kappa shape index (κ1) is 23.0. The van der Waals surface area contributed by atoms with Gasteiger partial charge in [0.2, 0.25) is 11.8 Å². The Bertz CT molecular complexity index is 864. The van der Waals surface area contributed by atoms with Gasteiger partial charge in [-0.2, -0.15) is 0 Å². The zero-order valence-corrected chi connectivity index (χ0v) is 17.8. The number of amides is 2. The van der Waals surface area contributed by atoms with Crippen LogP contribution in [0.5, 0.6) is 5.75 Å². The van der Waals surface area contributed by atoms with Gasteiger partial charge in [-0.15, -0.1) is 0 Å². The summed E-state index contributed by atoms with van der Waals surface area (Å²) in [6.45, 7) is 8.34. The Morgan fingerprint density at radius 3 is 2.33 bits per heavy atom. The molecule has 0 unspecified atom stereocenters. The summed E-state index contributed by atoms with van der Waals surface area (Å²) in [4.78, 5) is 24.2. The Kier molecular flexibility index (Phi) is 9.45. The molecule has 6 heteroatoms. The fourth-order valence-electron chi connectivity index (χ4n) is 2.72. The van der Waals surface area contributed by atoms with Crippen LogP contribution in [0.2, 0.25) is 0 Å². The molecule has 0 fully saturated rings. The number of unbranched alkanes of at least 4 members (excludes halogenated alkanes) is 2. The summed E-state index contributed by atoms with van der Waals surface area (Å²) in [6.07, 6.45) is 3.54. The van der Waals surface area contributed by atoms with Gasteiger partial charge >= 0.3 is 0 Å². The third-order valence-electron chi connectivity index (χ3n) is 4.21. The van der Waals surface area contributed by atoms with Gasteiger partial charge < -0.3 is 20.7 Å². The molecule has 0 saturated heterocycles. The normalized spacial score (nSPS) is 10.2. The molecule has 0 atom stereocenters. The fraction of sp³-hybridized carbons (Fsp3) is 0.333. The van der Waals surface area contributed by atoms with Crippen molar-refractivity contribution in [3.05, 3.63) is 60.7 Å². The standard InChI is InChI=1S/C24H31N3O3/c1-4-5-6-13-23(28)26-20-10-7-9-19(14-20)25-16-24(29)27-21-11-8-12-22(15-21)30-17-18(2)3/h7-12,14-15,25H,2,4-6,13,16-17H2,1,3H3,(H,26,28)(H,27,29). The lowest BCUT2D eigenvalue weighted by Crippen LogP contribution is -2.21. The second-order valence-corrected chi connectivity index (χ2v) is 7.26. The van der Waals surface area contributed by atoms with Crippen LogP contribution in [0.25, 0.3) is 0 Å². The number of carbonyl (C=O) groups is 2. The van der Waals surface area contributed by atoms with Crippen molar-refractivity contribution >= 4 is 28.9 Å². The molecule has 0 aliphatic heterocycles. The number of carbonyl (C=O) groups excluding carboxylic acids is 2. The Labute approximate surface area is 178 Å². The Morgan fingerprint density at radius 1 is 0.933 bits per heavy atom. The van der Waals surface area contributed by atoms with Crippen molar-refractivity contribution in [2.45, 2.75) is 39.5 Å². The van der Waals surface area contributed by atoms with Crippen LogP contribution in [0.3, 0.4) is 0 Å². The molecule has 3 N–H and O–H groups in total. The summed E-state index contributed by atoms with van der Waals surface area (Å²) >= 11 is 0. The van der Waals surface area contributed by atoms with Gasteiger partial charge in [-0.25, -0.2) is 0 Å². The van der Waals surface area contributed by atoms with E-state index in [9.17, 15) is 9.59 Å². The van der Waals surface area contributed by atoms with E-state index in [0.29, 0.717) is 30.2 Å². The van der Waals surface area contributed by atoms with Crippen molar-refractivity contribution in [1.82, 2.24) is 0 Å². The monoisotopic (exact) mass is 409 g/mol. The van der Waals surface area contributed by atoms with Crippen molar-refractivity contribution in [1.29, 1.82) is 0 Å². The first-order valence-electron chi connectivity index (χ1n) is 10.3. The van der Waals surface area contributed by atoms with Gasteiger partial charge in [-0.3, -0.25) is 9.59 Å². The van der Waals surface area contributed by atoms with Crippen LogP contribution in [0, 0.1) is 0 Å². The molecule has 0 saturated carbocycles. The highest BCUT2D eigenvalue weighted by atomic mass is 16.5. The maximum absolute atomic E-state index is 12.3. The Balaban J connectivity index is 1.82. The van der Waals surface area contributed by atoms with Gasteiger partial charge in [-0.05, 0) is 49.2 Å². The molecule has 0 aromatic heterocycles. The van der Waals surface area contributed by atoms with Crippen LogP contribution >= 0.6 is 0 Å². The van der Waals surface area contributed by atoms with E-state index in [1.54, 1.807) is 12.1 Å². The summed E-state index contributed by atoms with van der Waals surface area (Å²) in [6, 6.07) is 14.6. The molecule has 2 aromatic carbocycles. The summed E-state index contributed by atoms with van der Waals surface area (Å²) in [5.74, 6) is 0.499. The first-order chi connectivity index (χ1) is 14.5. The van der Waals surface area contributed by atoms with Crippen LogP contribution in [0.4, 0.5) is 17.1 Å². The SMILES string of the molecule is C=C(C)COc1cccc(NC(=O)CNc2cccc(NC(=O)CCCCC)c2)c1. The number of rotatable bonds is 12. The third kappa shape index (κ3) is 8.82. The lowest BCUT2D eigenvalue weighted by Gasteiger charge is -2.11. The number of ether oxygens (including phenoxy) is 1. The molecular formula is C24H31N3O3. The molecule has 2 rings (SSSR count). The van der Waals surface area contributed by atoms with Gasteiger partial charge in [0, 0.05) is 29.5 Å². The maximum Gasteiger partial charge on any atom is 0.243 e. The molecule has 0 aliphatic carbocycles. The van der Waals surface area contributed by atoms with Crippen molar-refractivity contribution in [3.8, 4) is 5.75 Å². The zero-order chi connectivity index (χ0) is 21.8. The van der Waals surface area contributed by atoms with Gasteiger partial charge in [0.05, 0.1) is 6.54 Å². The van der Waals surface area contributed by atoms with Crippen molar-refractivity contribution in [2.24, 2.45) is 0 Å². The highest BCUT2D eigenvalue weighted by molar-refractivity contribution is 5.94. The summed E-state index contributed by atoms with van der Waals surface area (Å²) in [5, 5.41) is 8.82. The fourth-order valence-corrected chi connectivity index (χ4v) is 2.72. The summed E-state index contributed by atoms with van der Waals surface area (Å²) < 4.78 is 5.59. The number of anilines is 3. The largest absolute Gasteiger partial charge is 0.489 e. The van der Waals surface area contributed by atoms with E-state index < -0.39 is 0 Å². The molecule has 6 nitrogen and oxygen atoms in total. The highest BCUT2D eigenvalue weighted by Crippen LogP contribution is 2.18. The van der Waals surface area contributed by atoms with Crippen LogP contribution in [0.15, 0.2) is 60.7 Å². The molecule has 0 heterocycles. The van der Waals surface area contributed by atoms with E-state index in [1.165, 1.54) is 0 Å². The van der Waals surface area contributed by atoms with Gasteiger partial charge in [0.1, 0.15) is 12.4 Å². The lowest BCUT2D eigenvalue weighted by molar-refractivity contribution is -0.116. The second kappa shape index (κ2) is 12.3. The minimum atomic E-state index is -0.180. The number of nitrogens with one attached hydrogen (secondary N) is 3. The predicted molar refractivity (Wildman–Crippen MR) is 123 cm³/mol. The maximum atomic E-state index is 12.3. The van der Waals surface area contributed by atoms with E-state index in [-0.39, 0.29) is 18.4 Å². The molecule has 160 valence electrons. The summed E-state index contributed by atoms with van der Waals surface area (Å²) in [5.41, 5.74) is 3.06. The quantitative estimate of drug-likeness (QED) is 0.332. The number of hydrogen-bond donors (Lipinski definition) is 3. The van der Waals surface area contributed by atoms with Crippen molar-refractivity contribution in [2.75, 3.05) is 29.1 Å². The van der Waals surface area contributed by atoms with Crippen LogP contribution in [-0.2, 0) is 9.59 Å². The molecule has 0 spiro atoms. The smallest absolute Gasteiger partial charge is 0.243 e. The van der Waals surface area contributed by atoms with E-state index in [4.69, 9.17) is 4.74 Å². The molecule has 0 aliphatic rings. The molecule has 2 amide bonds. The van der Waals surface area contributed by atoms with E-state index in [2.05, 4.69) is 29.5 Å². The van der Waals surface area contributed by atoms with Crippen LogP contribution < -0.4 is 20.7 Å². The van der Waals surface area contributed by atoms with Gasteiger partial charge in [-0.1, -0.05) is 38.5 Å². The second-order valence-electron chi connectivity index (χ2n) is 7.26. The Morgan fingerprint density at radius 2 is 1.60 bits per heavy atom. The summed E-state index contributed by atoms with van der Waals surface area (Å²) in [7, 11) is 0. The number of hydrogen-bond acceptors (Lipinski definition) is 4. The molecule has 0 bridgehead atoms. The molecule has 30 heavy (non-hydrogen) atoms. The predicted octanol–water partition coefficient (Wildman–Crippen LogP) is 5.21. The average Bonchev–Trinajstić information content (AvgIpc) is 2.71. The molecular weight excluding hydrogens is 378 g/mol. The molecule has 0 radical (unpaired) electrons. The van der Waals surface area contributed by atoms with Crippen molar-refractivity contribution < 1.29 is 14.3 Å². The minimum Gasteiger partial charge on any atom is -0.489 e. The van der Waals surface area contributed by atoms with Gasteiger partial charge in [0.15, 0.2) is 0 Å². The van der Waals surface area contributed by atoms with Gasteiger partial charge in [0.25, 0.3) is 0 Å². The van der Waals surface area contributed by atoms with E-state index in [1.807, 2.05) is 43.3 Å². The zero-order valence-electron chi connectivity index (χ0n) is 17.8. The topological polar surface area (TPSA) is 79.5 Å². The third-order valence-corrected chi connectivity index (χ3v) is 4.21. The van der Waals surface area contributed by atoms with E-state index >= 15 is 0 Å². The first-order valence-corrected chi connectivity index (χ1v) is 10.3. The highest BCUT2D eigenvalue weighted by Gasteiger charge is 2.06. The molecule has 2 aromatic rings. The van der Waals surface area contributed by atoms with E-state index in [0.717, 1.165) is 30.5 Å².